The molecule has 0 amide bonds. The topological polar surface area (TPSA) is 35.2 Å². The molecule has 11 heavy (non-hydrogen) atoms. The van der Waals surface area contributed by atoms with E-state index in [0.717, 1.165) is 0 Å². The zero-order chi connectivity index (χ0) is 7.56. The minimum Gasteiger partial charge on any atom is -0.412 e. The normalized spacial score (nSPS) is 8.64. The van der Waals surface area contributed by atoms with E-state index in [1.807, 2.05) is 25.1 Å². The van der Waals surface area contributed by atoms with Crippen molar-refractivity contribution in [1.82, 2.24) is 0 Å². The van der Waals surface area contributed by atoms with Crippen LogP contribution in [0.3, 0.4) is 0 Å². The van der Waals surface area contributed by atoms with Crippen LogP contribution < -0.4 is 10.7 Å². The Morgan fingerprint density at radius 3 is 2.27 bits per heavy atom. The summed E-state index contributed by atoms with van der Waals surface area (Å²) >= 11 is 0. The first-order valence-corrected chi connectivity index (χ1v) is 3.18. The van der Waals surface area contributed by atoms with E-state index in [1.54, 1.807) is 0 Å². The van der Waals surface area contributed by atoms with Crippen LogP contribution in [0.1, 0.15) is 11.1 Å². The third-order valence-corrected chi connectivity index (χ3v) is 1.61. The molecule has 2 N–H and O–H groups in total. The van der Waals surface area contributed by atoms with Crippen LogP contribution in [0.5, 0.6) is 5.75 Å². The van der Waals surface area contributed by atoms with E-state index in [4.69, 9.17) is 5.90 Å². The van der Waals surface area contributed by atoms with Crippen molar-refractivity contribution in [3.8, 4) is 5.75 Å². The summed E-state index contributed by atoms with van der Waals surface area (Å²) in [5.74, 6) is 5.68. The van der Waals surface area contributed by atoms with Crippen LogP contribution in [0, 0.1) is 13.8 Å². The van der Waals surface area contributed by atoms with Crippen LogP contribution in [0.4, 0.5) is 0 Å². The van der Waals surface area contributed by atoms with Crippen molar-refractivity contribution in [1.29, 1.82) is 0 Å². The van der Waals surface area contributed by atoms with Crippen molar-refractivity contribution in [3.05, 3.63) is 29.3 Å². The van der Waals surface area contributed by atoms with Gasteiger partial charge in [-0.1, -0.05) is 6.07 Å². The summed E-state index contributed by atoms with van der Waals surface area (Å²) in [6.07, 6.45) is 0. The Balaban J connectivity index is 0.000001000. The third kappa shape index (κ3) is 2.41. The summed E-state index contributed by atoms with van der Waals surface area (Å²) in [5, 5.41) is 0. The average Bonchev–Trinajstić information content (AvgIpc) is 1.95. The predicted octanol–water partition coefficient (Wildman–Crippen LogP) is 1.98. The minimum atomic E-state index is 0. The quantitative estimate of drug-likeness (QED) is 0.660. The van der Waals surface area contributed by atoms with Crippen LogP contribution in [0.15, 0.2) is 18.2 Å². The Morgan fingerprint density at radius 1 is 1.18 bits per heavy atom. The Kier molecular flexibility index (Phi) is 3.93. The molecule has 0 aromatic heterocycles. The fourth-order valence-corrected chi connectivity index (χ4v) is 0.787. The Bertz CT molecular complexity index is 238. The van der Waals surface area contributed by atoms with Gasteiger partial charge in [-0.15, -0.1) is 12.4 Å². The molecule has 0 radical (unpaired) electrons. The molecule has 1 aromatic rings. The Morgan fingerprint density at radius 2 is 1.82 bits per heavy atom. The second-order valence-electron chi connectivity index (χ2n) is 2.36. The van der Waals surface area contributed by atoms with Gasteiger partial charge in [-0.2, -0.15) is 5.90 Å². The molecule has 0 spiro atoms. The molecule has 1 rings (SSSR count). The average molecular weight is 174 g/mol. The van der Waals surface area contributed by atoms with Gasteiger partial charge < -0.3 is 4.84 Å². The van der Waals surface area contributed by atoms with Gasteiger partial charge in [-0.3, -0.25) is 0 Å². The molecule has 2 nitrogen and oxygen atoms in total. The van der Waals surface area contributed by atoms with E-state index in [0.29, 0.717) is 5.75 Å². The van der Waals surface area contributed by atoms with Crippen LogP contribution in [-0.2, 0) is 0 Å². The smallest absolute Gasteiger partial charge is 0.147 e. The van der Waals surface area contributed by atoms with E-state index in [9.17, 15) is 0 Å². The molecule has 0 heterocycles. The van der Waals surface area contributed by atoms with E-state index >= 15 is 0 Å². The van der Waals surface area contributed by atoms with Gasteiger partial charge in [0.2, 0.25) is 0 Å². The van der Waals surface area contributed by atoms with Gasteiger partial charge in [0.15, 0.2) is 0 Å². The number of nitrogens with two attached hydrogens (primary N) is 1. The monoisotopic (exact) mass is 173 g/mol. The Labute approximate surface area is 72.7 Å². The maximum Gasteiger partial charge on any atom is 0.147 e. The van der Waals surface area contributed by atoms with Gasteiger partial charge in [0.05, 0.1) is 0 Å². The minimum absolute atomic E-state index is 0. The van der Waals surface area contributed by atoms with E-state index < -0.39 is 0 Å². The number of rotatable bonds is 1. The number of hydrogen-bond donors (Lipinski definition) is 1. The standard InChI is InChI=1S/C8H11NO.ClH/c1-6-3-4-8(10-9)5-7(6)2;/h3-5H,9H2,1-2H3;1H. The van der Waals surface area contributed by atoms with Crippen molar-refractivity contribution in [2.45, 2.75) is 13.8 Å². The molecule has 0 fully saturated rings. The first kappa shape index (κ1) is 10.3. The van der Waals surface area contributed by atoms with Gasteiger partial charge in [0.1, 0.15) is 5.75 Å². The van der Waals surface area contributed by atoms with Crippen LogP contribution in [-0.4, -0.2) is 0 Å². The van der Waals surface area contributed by atoms with Crippen molar-refractivity contribution in [2.24, 2.45) is 5.90 Å². The molecule has 0 saturated heterocycles. The lowest BCUT2D eigenvalue weighted by atomic mass is 10.1. The third-order valence-electron chi connectivity index (χ3n) is 1.61. The zero-order valence-electron chi connectivity index (χ0n) is 6.63. The molecule has 0 aliphatic rings. The lowest BCUT2D eigenvalue weighted by Gasteiger charge is -2.01. The van der Waals surface area contributed by atoms with Crippen LogP contribution >= 0.6 is 12.4 Å². The summed E-state index contributed by atoms with van der Waals surface area (Å²) in [6, 6.07) is 5.75. The molecule has 0 atom stereocenters. The van der Waals surface area contributed by atoms with E-state index in [2.05, 4.69) is 11.8 Å². The molecule has 0 aliphatic carbocycles. The Hall–Kier alpha value is -0.730. The van der Waals surface area contributed by atoms with Crippen molar-refractivity contribution >= 4 is 12.4 Å². The fraction of sp³-hybridized carbons (Fsp3) is 0.250. The number of halogens is 1. The second-order valence-corrected chi connectivity index (χ2v) is 2.36. The first-order chi connectivity index (χ1) is 4.74. The van der Waals surface area contributed by atoms with Crippen LogP contribution in [0.2, 0.25) is 0 Å². The molecule has 0 saturated carbocycles. The highest BCUT2D eigenvalue weighted by Crippen LogP contribution is 2.14. The predicted molar refractivity (Wildman–Crippen MR) is 48.0 cm³/mol. The van der Waals surface area contributed by atoms with Crippen molar-refractivity contribution < 1.29 is 4.84 Å². The summed E-state index contributed by atoms with van der Waals surface area (Å²) in [4.78, 5) is 4.55. The number of benzene rings is 1. The second kappa shape index (κ2) is 4.21. The summed E-state index contributed by atoms with van der Waals surface area (Å²) in [6.45, 7) is 4.08. The zero-order valence-corrected chi connectivity index (χ0v) is 7.44. The maximum absolute atomic E-state index is 4.97. The number of hydrogen-bond acceptors (Lipinski definition) is 2. The molecule has 3 heteroatoms. The lowest BCUT2D eigenvalue weighted by Crippen LogP contribution is -2.01. The first-order valence-electron chi connectivity index (χ1n) is 3.18. The molecule has 62 valence electrons. The van der Waals surface area contributed by atoms with Gasteiger partial charge in [0, 0.05) is 0 Å². The van der Waals surface area contributed by atoms with Crippen LogP contribution in [0.25, 0.3) is 0 Å². The molecular weight excluding hydrogens is 162 g/mol. The SMILES string of the molecule is Cc1ccc(ON)cc1C.Cl. The van der Waals surface area contributed by atoms with Gasteiger partial charge in [-0.05, 0) is 37.1 Å². The molecular formula is C8H12ClNO. The highest BCUT2D eigenvalue weighted by Gasteiger charge is 1.93. The van der Waals surface area contributed by atoms with Gasteiger partial charge in [-0.25, -0.2) is 0 Å². The van der Waals surface area contributed by atoms with E-state index in [-0.39, 0.29) is 12.4 Å². The summed E-state index contributed by atoms with van der Waals surface area (Å²) in [7, 11) is 0. The fourth-order valence-electron chi connectivity index (χ4n) is 0.787. The highest BCUT2D eigenvalue weighted by atomic mass is 35.5. The molecule has 0 bridgehead atoms. The van der Waals surface area contributed by atoms with Gasteiger partial charge in [0.25, 0.3) is 0 Å². The highest BCUT2D eigenvalue weighted by molar-refractivity contribution is 5.85. The van der Waals surface area contributed by atoms with Gasteiger partial charge >= 0.3 is 0 Å². The molecule has 0 aliphatic heterocycles. The number of aryl methyl sites for hydroxylation is 2. The molecule has 0 unspecified atom stereocenters. The van der Waals surface area contributed by atoms with Crippen molar-refractivity contribution in [3.63, 3.8) is 0 Å². The lowest BCUT2D eigenvalue weighted by molar-refractivity contribution is 0.334. The largest absolute Gasteiger partial charge is 0.412 e. The van der Waals surface area contributed by atoms with Crippen molar-refractivity contribution in [2.75, 3.05) is 0 Å². The van der Waals surface area contributed by atoms with E-state index in [1.165, 1.54) is 11.1 Å². The molecule has 1 aromatic carbocycles. The maximum atomic E-state index is 4.97. The summed E-state index contributed by atoms with van der Waals surface area (Å²) in [5.41, 5.74) is 2.45. The summed E-state index contributed by atoms with van der Waals surface area (Å²) < 4.78 is 0.